The maximum Gasteiger partial charge on any atom is 0.293 e. The molecule has 0 radical (unpaired) electrons. The van der Waals surface area contributed by atoms with Gasteiger partial charge in [-0.3, -0.25) is 4.79 Å². The monoisotopic (exact) mass is 356 g/mol. The van der Waals surface area contributed by atoms with Crippen LogP contribution in [0.2, 0.25) is 0 Å². The highest BCUT2D eigenvalue weighted by Gasteiger charge is 2.23. The minimum Gasteiger partial charge on any atom is -0.507 e. The number of ether oxygens (including phenoxy) is 1. The molecule has 138 valence electrons. The van der Waals surface area contributed by atoms with Crippen LogP contribution < -0.4 is 21.3 Å². The second-order valence-electron chi connectivity index (χ2n) is 7.16. The number of nitrogens with two attached hydrogens (primary N) is 1. The Bertz CT molecular complexity index is 854. The molecule has 4 N–H and O–H groups in total. The topological polar surface area (TPSA) is 102 Å². The van der Waals surface area contributed by atoms with Gasteiger partial charge in [-0.1, -0.05) is 0 Å². The number of rotatable bonds is 5. The van der Waals surface area contributed by atoms with Gasteiger partial charge < -0.3 is 25.5 Å². The molecule has 1 atom stereocenters. The van der Waals surface area contributed by atoms with Gasteiger partial charge in [0, 0.05) is 24.3 Å². The molecular weight excluding hydrogens is 332 g/mol. The molecule has 1 aliphatic heterocycles. The fourth-order valence-electron chi connectivity index (χ4n) is 3.31. The van der Waals surface area contributed by atoms with E-state index in [1.54, 1.807) is 29.0 Å². The van der Waals surface area contributed by atoms with Gasteiger partial charge in [-0.15, -0.1) is 0 Å². The van der Waals surface area contributed by atoms with Crippen LogP contribution in [0.4, 0.5) is 5.82 Å². The lowest BCUT2D eigenvalue weighted by Crippen LogP contribution is -2.37. The number of phenolic OH excluding ortho intramolecular Hbond substituents is 1. The van der Waals surface area contributed by atoms with Crippen LogP contribution in [0.25, 0.3) is 11.3 Å². The van der Waals surface area contributed by atoms with Gasteiger partial charge in [0.25, 0.3) is 5.56 Å². The SMILES string of the molecule is Nc1nc(-c2cc(OCC3CC3)ccc2O)cn(C2CCCNC2)c1=O. The first-order valence-corrected chi connectivity index (χ1v) is 9.17. The molecule has 1 saturated heterocycles. The Balaban J connectivity index is 1.69. The Hall–Kier alpha value is -2.54. The number of phenols is 1. The summed E-state index contributed by atoms with van der Waals surface area (Å²) < 4.78 is 7.44. The van der Waals surface area contributed by atoms with Gasteiger partial charge in [0.2, 0.25) is 0 Å². The highest BCUT2D eigenvalue weighted by atomic mass is 16.5. The van der Waals surface area contributed by atoms with Crippen molar-refractivity contribution in [2.75, 3.05) is 25.4 Å². The molecule has 1 aromatic heterocycles. The van der Waals surface area contributed by atoms with Crippen molar-refractivity contribution in [3.8, 4) is 22.8 Å². The minimum absolute atomic E-state index is 0.0387. The molecule has 4 rings (SSSR count). The van der Waals surface area contributed by atoms with E-state index in [0.717, 1.165) is 25.9 Å². The highest BCUT2D eigenvalue weighted by molar-refractivity contribution is 5.68. The van der Waals surface area contributed by atoms with Crippen molar-refractivity contribution in [1.82, 2.24) is 14.9 Å². The van der Waals surface area contributed by atoms with Gasteiger partial charge in [0.15, 0.2) is 5.82 Å². The minimum atomic E-state index is -0.289. The van der Waals surface area contributed by atoms with Crippen molar-refractivity contribution in [2.45, 2.75) is 31.7 Å². The predicted molar refractivity (Wildman–Crippen MR) is 99.4 cm³/mol. The van der Waals surface area contributed by atoms with E-state index in [2.05, 4.69) is 10.3 Å². The van der Waals surface area contributed by atoms with Crippen LogP contribution in [0.3, 0.4) is 0 Å². The second kappa shape index (κ2) is 6.99. The first kappa shape index (κ1) is 16.9. The molecular formula is C19H24N4O3. The quantitative estimate of drug-likeness (QED) is 0.756. The standard InChI is InChI=1S/C19H24N4O3/c20-18-19(25)23(13-2-1-7-21-9-13)10-16(22-18)15-8-14(5-6-17(15)24)26-11-12-3-4-12/h5-6,8,10,12-13,21,24H,1-4,7,9,11H2,(H2,20,22). The summed E-state index contributed by atoms with van der Waals surface area (Å²) in [5.41, 5.74) is 6.58. The van der Waals surface area contributed by atoms with Crippen LogP contribution in [0.1, 0.15) is 31.7 Å². The van der Waals surface area contributed by atoms with Crippen LogP contribution in [0.5, 0.6) is 11.5 Å². The van der Waals surface area contributed by atoms with Crippen LogP contribution in [-0.4, -0.2) is 34.4 Å². The van der Waals surface area contributed by atoms with E-state index in [4.69, 9.17) is 10.5 Å². The molecule has 7 heteroatoms. The van der Waals surface area contributed by atoms with Gasteiger partial charge in [-0.25, -0.2) is 4.98 Å². The first-order chi connectivity index (χ1) is 12.6. The summed E-state index contributed by atoms with van der Waals surface area (Å²) >= 11 is 0. The number of benzene rings is 1. The lowest BCUT2D eigenvalue weighted by molar-refractivity contribution is 0.299. The lowest BCUT2D eigenvalue weighted by atomic mass is 10.1. The zero-order valence-electron chi connectivity index (χ0n) is 14.6. The Morgan fingerprint density at radius 1 is 1.35 bits per heavy atom. The van der Waals surface area contributed by atoms with Crippen LogP contribution in [0.15, 0.2) is 29.2 Å². The number of aromatic hydroxyl groups is 1. The van der Waals surface area contributed by atoms with Gasteiger partial charge >= 0.3 is 0 Å². The Morgan fingerprint density at radius 2 is 2.19 bits per heavy atom. The van der Waals surface area contributed by atoms with Gasteiger partial charge in [-0.05, 0) is 56.3 Å². The van der Waals surface area contributed by atoms with E-state index in [-0.39, 0.29) is 23.2 Å². The summed E-state index contributed by atoms with van der Waals surface area (Å²) in [6, 6.07) is 5.13. The molecule has 2 heterocycles. The average molecular weight is 356 g/mol. The molecule has 2 fully saturated rings. The number of nitrogens with one attached hydrogen (secondary N) is 1. The highest BCUT2D eigenvalue weighted by Crippen LogP contribution is 2.34. The summed E-state index contributed by atoms with van der Waals surface area (Å²) in [5.74, 6) is 1.35. The summed E-state index contributed by atoms with van der Waals surface area (Å²) in [4.78, 5) is 16.7. The molecule has 1 saturated carbocycles. The molecule has 1 unspecified atom stereocenters. The molecule has 2 aromatic rings. The summed E-state index contributed by atoms with van der Waals surface area (Å²) in [5, 5.41) is 13.6. The van der Waals surface area contributed by atoms with Crippen molar-refractivity contribution >= 4 is 5.82 Å². The smallest absolute Gasteiger partial charge is 0.293 e. The number of anilines is 1. The number of hydrogen-bond donors (Lipinski definition) is 3. The van der Waals surface area contributed by atoms with Crippen LogP contribution >= 0.6 is 0 Å². The number of nitrogen functional groups attached to an aromatic ring is 1. The third-order valence-corrected chi connectivity index (χ3v) is 5.05. The number of nitrogens with zero attached hydrogens (tertiary/aromatic N) is 2. The Morgan fingerprint density at radius 3 is 2.92 bits per heavy atom. The molecule has 0 bridgehead atoms. The van der Waals surface area contributed by atoms with Crippen LogP contribution in [-0.2, 0) is 0 Å². The molecule has 1 aliphatic carbocycles. The molecule has 1 aromatic carbocycles. The molecule has 2 aliphatic rings. The molecule has 7 nitrogen and oxygen atoms in total. The third kappa shape index (κ3) is 3.53. The Labute approximate surface area is 151 Å². The third-order valence-electron chi connectivity index (χ3n) is 5.05. The van der Waals surface area contributed by atoms with E-state index in [9.17, 15) is 9.90 Å². The first-order valence-electron chi connectivity index (χ1n) is 9.17. The van der Waals surface area contributed by atoms with E-state index in [0.29, 0.717) is 29.5 Å². The van der Waals surface area contributed by atoms with Crippen molar-refractivity contribution in [3.05, 3.63) is 34.7 Å². The lowest BCUT2D eigenvalue weighted by Gasteiger charge is -2.25. The number of piperidine rings is 1. The molecule has 0 spiro atoms. The number of hydrogen-bond acceptors (Lipinski definition) is 6. The van der Waals surface area contributed by atoms with E-state index in [1.165, 1.54) is 12.8 Å². The van der Waals surface area contributed by atoms with Gasteiger partial charge in [-0.2, -0.15) is 0 Å². The fraction of sp³-hybridized carbons (Fsp3) is 0.474. The van der Waals surface area contributed by atoms with Crippen molar-refractivity contribution in [3.63, 3.8) is 0 Å². The predicted octanol–water partition coefficient (Wildman–Crippen LogP) is 1.91. The fourth-order valence-corrected chi connectivity index (χ4v) is 3.31. The van der Waals surface area contributed by atoms with E-state index < -0.39 is 0 Å². The molecule has 0 amide bonds. The second-order valence-corrected chi connectivity index (χ2v) is 7.16. The summed E-state index contributed by atoms with van der Waals surface area (Å²) in [6.45, 7) is 2.37. The van der Waals surface area contributed by atoms with E-state index >= 15 is 0 Å². The zero-order valence-corrected chi connectivity index (χ0v) is 14.6. The van der Waals surface area contributed by atoms with Crippen molar-refractivity contribution in [2.24, 2.45) is 5.92 Å². The maximum absolute atomic E-state index is 12.4. The van der Waals surface area contributed by atoms with Crippen LogP contribution in [0, 0.1) is 5.92 Å². The van der Waals surface area contributed by atoms with Crippen molar-refractivity contribution in [1.29, 1.82) is 0 Å². The van der Waals surface area contributed by atoms with Crippen molar-refractivity contribution < 1.29 is 9.84 Å². The largest absolute Gasteiger partial charge is 0.507 e. The average Bonchev–Trinajstić information content (AvgIpc) is 3.48. The number of aromatic nitrogens is 2. The molecule has 26 heavy (non-hydrogen) atoms. The van der Waals surface area contributed by atoms with Gasteiger partial charge in [0.05, 0.1) is 12.3 Å². The maximum atomic E-state index is 12.4. The van der Waals surface area contributed by atoms with Gasteiger partial charge in [0.1, 0.15) is 11.5 Å². The Kier molecular flexibility index (Phi) is 4.55. The summed E-state index contributed by atoms with van der Waals surface area (Å²) in [7, 11) is 0. The normalized spacial score (nSPS) is 20.1. The van der Waals surface area contributed by atoms with E-state index in [1.807, 2.05) is 0 Å². The zero-order chi connectivity index (χ0) is 18.1. The summed E-state index contributed by atoms with van der Waals surface area (Å²) in [6.07, 6.45) is 6.03.